The summed E-state index contributed by atoms with van der Waals surface area (Å²) in [6, 6.07) is 14.9. The van der Waals surface area contributed by atoms with Crippen LogP contribution in [0.5, 0.6) is 5.75 Å². The number of hydrogen-bond acceptors (Lipinski definition) is 3. The minimum Gasteiger partial charge on any atom is -0.482 e. The van der Waals surface area contributed by atoms with Crippen LogP contribution in [0.4, 0.5) is 8.78 Å². The van der Waals surface area contributed by atoms with Gasteiger partial charge in [-0.25, -0.2) is 13.5 Å². The predicted molar refractivity (Wildman–Crippen MR) is 119 cm³/mol. The molecule has 4 aromatic rings. The molecule has 0 aliphatic rings. The van der Waals surface area contributed by atoms with Gasteiger partial charge >= 0.3 is 0 Å². The fraction of sp³-hybridized carbons (Fsp3) is 0.167. The Morgan fingerprint density at radius 1 is 1.06 bits per heavy atom. The van der Waals surface area contributed by atoms with Crippen molar-refractivity contribution < 1.29 is 18.3 Å². The first-order valence-electron chi connectivity index (χ1n) is 9.94. The molecule has 0 unspecified atom stereocenters. The third kappa shape index (κ3) is 4.57. The Balaban J connectivity index is 1.70. The third-order valence-electron chi connectivity index (χ3n) is 5.03. The maximum atomic E-state index is 13.4. The van der Waals surface area contributed by atoms with Gasteiger partial charge in [-0.2, -0.15) is 5.10 Å². The highest BCUT2D eigenvalue weighted by Crippen LogP contribution is 2.35. The largest absolute Gasteiger partial charge is 0.482 e. The first-order chi connectivity index (χ1) is 15.3. The Hall–Kier alpha value is -3.45. The van der Waals surface area contributed by atoms with Gasteiger partial charge in [0.15, 0.2) is 0 Å². The summed E-state index contributed by atoms with van der Waals surface area (Å²) in [5.41, 5.74) is 2.10. The van der Waals surface area contributed by atoms with E-state index < -0.39 is 12.1 Å². The maximum Gasteiger partial charge on any atom is 0.217 e. The van der Waals surface area contributed by atoms with E-state index in [9.17, 15) is 13.6 Å². The zero-order valence-electron chi connectivity index (χ0n) is 17.4. The molecule has 1 aromatic heterocycles. The zero-order chi connectivity index (χ0) is 22.8. The second kappa shape index (κ2) is 8.96. The number of carbonyl (C=O) groups excluding carboxylic acids is 1. The summed E-state index contributed by atoms with van der Waals surface area (Å²) >= 11 is 6.54. The van der Waals surface area contributed by atoms with Crippen LogP contribution in [0.1, 0.15) is 25.5 Å². The Kier molecular flexibility index (Phi) is 6.10. The highest BCUT2D eigenvalue weighted by molar-refractivity contribution is 6.32. The Morgan fingerprint density at radius 3 is 2.31 bits per heavy atom. The molecule has 0 saturated heterocycles. The molecular weight excluding hydrogens is 436 g/mol. The molecule has 3 aromatic carbocycles. The van der Waals surface area contributed by atoms with Gasteiger partial charge in [0.2, 0.25) is 5.91 Å². The highest BCUT2D eigenvalue weighted by Gasteiger charge is 2.24. The highest BCUT2D eigenvalue weighted by atomic mass is 35.5. The van der Waals surface area contributed by atoms with E-state index in [-0.39, 0.29) is 17.5 Å². The van der Waals surface area contributed by atoms with Crippen LogP contribution in [0.25, 0.3) is 16.6 Å². The summed E-state index contributed by atoms with van der Waals surface area (Å²) < 4.78 is 34.6. The van der Waals surface area contributed by atoms with E-state index in [2.05, 4.69) is 10.4 Å². The van der Waals surface area contributed by atoms with Crippen molar-refractivity contribution in [3.8, 4) is 11.4 Å². The third-order valence-corrected chi connectivity index (χ3v) is 5.33. The van der Waals surface area contributed by atoms with Gasteiger partial charge in [0.05, 0.1) is 28.5 Å². The number of ether oxygens (including phenoxy) is 1. The summed E-state index contributed by atoms with van der Waals surface area (Å²) in [7, 11) is 0. The number of halogens is 3. The van der Waals surface area contributed by atoms with Gasteiger partial charge in [0.1, 0.15) is 23.5 Å². The van der Waals surface area contributed by atoms with Crippen molar-refractivity contribution in [3.63, 3.8) is 0 Å². The fourth-order valence-corrected chi connectivity index (χ4v) is 3.75. The summed E-state index contributed by atoms with van der Waals surface area (Å²) in [4.78, 5) is 11.6. The fourth-order valence-electron chi connectivity index (χ4n) is 3.55. The molecule has 0 spiro atoms. The molecule has 5 nitrogen and oxygen atoms in total. The Morgan fingerprint density at radius 2 is 1.69 bits per heavy atom. The summed E-state index contributed by atoms with van der Waals surface area (Å²) in [5.74, 6) is -0.522. The summed E-state index contributed by atoms with van der Waals surface area (Å²) in [6.45, 7) is 3.22. The SMILES string of the molecule is CC(=O)N[C@H](C)[C@H](Oc1cc2cnn(-c3ccc(F)cc3)c2cc1Cl)c1ccc(F)cc1. The van der Waals surface area contributed by atoms with Crippen LogP contribution >= 0.6 is 11.6 Å². The molecule has 0 fully saturated rings. The monoisotopic (exact) mass is 455 g/mol. The Bertz CT molecular complexity index is 1260. The first-order valence-corrected chi connectivity index (χ1v) is 10.3. The molecule has 1 heterocycles. The number of hydrogen-bond donors (Lipinski definition) is 1. The van der Waals surface area contributed by atoms with E-state index in [1.807, 2.05) is 0 Å². The molecule has 2 atom stereocenters. The van der Waals surface area contributed by atoms with Crippen LogP contribution in [0.15, 0.2) is 66.9 Å². The number of amides is 1. The minimum atomic E-state index is -0.610. The molecular formula is C24H20ClF2N3O2. The van der Waals surface area contributed by atoms with Crippen LogP contribution in [-0.2, 0) is 4.79 Å². The van der Waals surface area contributed by atoms with E-state index in [4.69, 9.17) is 16.3 Å². The van der Waals surface area contributed by atoms with Gasteiger partial charge in [-0.3, -0.25) is 4.79 Å². The van der Waals surface area contributed by atoms with Crippen molar-refractivity contribution in [2.75, 3.05) is 0 Å². The van der Waals surface area contributed by atoms with Gasteiger partial charge in [0.25, 0.3) is 0 Å². The molecule has 0 radical (unpaired) electrons. The van der Waals surface area contributed by atoms with Gasteiger partial charge in [-0.05, 0) is 61.0 Å². The van der Waals surface area contributed by atoms with Crippen LogP contribution in [0.3, 0.4) is 0 Å². The van der Waals surface area contributed by atoms with Gasteiger partial charge in [-0.1, -0.05) is 23.7 Å². The van der Waals surface area contributed by atoms with E-state index in [1.54, 1.807) is 54.2 Å². The van der Waals surface area contributed by atoms with Gasteiger partial charge in [-0.15, -0.1) is 0 Å². The average Bonchev–Trinajstić information content (AvgIpc) is 3.15. The lowest BCUT2D eigenvalue weighted by Crippen LogP contribution is -2.38. The quantitative estimate of drug-likeness (QED) is 0.411. The molecule has 0 aliphatic carbocycles. The van der Waals surface area contributed by atoms with E-state index in [0.717, 1.165) is 10.9 Å². The second-order valence-electron chi connectivity index (χ2n) is 7.45. The van der Waals surface area contributed by atoms with Crippen LogP contribution in [-0.4, -0.2) is 21.7 Å². The van der Waals surface area contributed by atoms with Gasteiger partial charge in [0, 0.05) is 12.3 Å². The maximum absolute atomic E-state index is 13.4. The van der Waals surface area contributed by atoms with Crippen molar-refractivity contribution in [1.82, 2.24) is 15.1 Å². The van der Waals surface area contributed by atoms with E-state index in [1.165, 1.54) is 31.2 Å². The molecule has 1 amide bonds. The van der Waals surface area contributed by atoms with Crippen LogP contribution < -0.4 is 10.1 Å². The lowest BCUT2D eigenvalue weighted by Gasteiger charge is -2.26. The molecule has 32 heavy (non-hydrogen) atoms. The lowest BCUT2D eigenvalue weighted by atomic mass is 10.0. The normalized spacial score (nSPS) is 13.0. The molecule has 0 bridgehead atoms. The standard InChI is InChI=1S/C24H20ClF2N3O2/c1-14(29-15(2)31)24(16-3-5-18(26)6-4-16)32-23-11-17-13-28-30(22(17)12-21(23)25)20-9-7-19(27)8-10-20/h3-14,24H,1-2H3,(H,29,31)/t14-,24+/m1/s1. The van der Waals surface area contributed by atoms with Crippen molar-refractivity contribution in [2.45, 2.75) is 26.0 Å². The van der Waals surface area contributed by atoms with Crippen LogP contribution in [0, 0.1) is 11.6 Å². The minimum absolute atomic E-state index is 0.213. The summed E-state index contributed by atoms with van der Waals surface area (Å²) in [5, 5.41) is 8.29. The first kappa shape index (κ1) is 21.8. The molecule has 0 saturated carbocycles. The second-order valence-corrected chi connectivity index (χ2v) is 7.86. The lowest BCUT2D eigenvalue weighted by molar-refractivity contribution is -0.120. The number of aromatic nitrogens is 2. The number of rotatable bonds is 6. The molecule has 164 valence electrons. The van der Waals surface area contributed by atoms with Crippen molar-refractivity contribution in [1.29, 1.82) is 0 Å². The van der Waals surface area contributed by atoms with Crippen molar-refractivity contribution in [2.24, 2.45) is 0 Å². The molecule has 8 heteroatoms. The van der Waals surface area contributed by atoms with E-state index in [0.29, 0.717) is 22.0 Å². The Labute approximate surface area is 188 Å². The number of fused-ring (bicyclic) bond motifs is 1. The van der Waals surface area contributed by atoms with Crippen molar-refractivity contribution >= 4 is 28.4 Å². The number of carbonyl (C=O) groups is 1. The smallest absolute Gasteiger partial charge is 0.217 e. The molecule has 4 rings (SSSR count). The number of nitrogens with zero attached hydrogens (tertiary/aromatic N) is 2. The van der Waals surface area contributed by atoms with E-state index >= 15 is 0 Å². The number of nitrogens with one attached hydrogen (secondary N) is 1. The topological polar surface area (TPSA) is 56.1 Å². The zero-order valence-corrected chi connectivity index (χ0v) is 18.1. The molecule has 1 N–H and O–H groups in total. The van der Waals surface area contributed by atoms with Crippen LogP contribution in [0.2, 0.25) is 5.02 Å². The summed E-state index contributed by atoms with van der Waals surface area (Å²) in [6.07, 6.45) is 1.05. The molecule has 0 aliphatic heterocycles. The predicted octanol–water partition coefficient (Wildman–Crippen LogP) is 5.60. The number of benzene rings is 3. The average molecular weight is 456 g/mol. The van der Waals surface area contributed by atoms with Crippen molar-refractivity contribution in [3.05, 3.63) is 89.1 Å². The van der Waals surface area contributed by atoms with Gasteiger partial charge < -0.3 is 10.1 Å².